The van der Waals surface area contributed by atoms with E-state index < -0.39 is 22.5 Å². The van der Waals surface area contributed by atoms with Gasteiger partial charge in [-0.15, -0.1) is 0 Å². The number of nitrogens with zero attached hydrogens (tertiary/aromatic N) is 1. The Morgan fingerprint density at radius 3 is 2.36 bits per heavy atom. The number of phenols is 1. The maximum absolute atomic E-state index is 11.3. The average molecular weight is 311 g/mol. The Balaban J connectivity index is 3.44. The fourth-order valence-corrected chi connectivity index (χ4v) is 2.32. The summed E-state index contributed by atoms with van der Waals surface area (Å²) in [6.45, 7) is 3.97. The molecule has 1 aromatic rings. The Kier molecular flexibility index (Phi) is 6.62. The van der Waals surface area contributed by atoms with Crippen molar-refractivity contribution in [3.8, 4) is 11.5 Å². The van der Waals surface area contributed by atoms with Gasteiger partial charge in [-0.3, -0.25) is 10.1 Å². The maximum Gasteiger partial charge on any atom is 0.511 e. The first-order valence-corrected chi connectivity index (χ1v) is 7.35. The summed E-state index contributed by atoms with van der Waals surface area (Å²) in [6, 6.07) is 1.40. The molecule has 0 spiro atoms. The highest BCUT2D eigenvalue weighted by Gasteiger charge is 2.28. The molecule has 7 heteroatoms. The molecule has 0 heterocycles. The van der Waals surface area contributed by atoms with Gasteiger partial charge in [0.25, 0.3) is 0 Å². The SMILES string of the molecule is CCCCc1cc(OC(=O)O)c(O)c([N+](=O)[O-])c1CCCC. The molecule has 1 rings (SSSR count). The number of nitro groups is 1. The van der Waals surface area contributed by atoms with Crippen molar-refractivity contribution in [1.82, 2.24) is 0 Å². The van der Waals surface area contributed by atoms with E-state index in [4.69, 9.17) is 5.11 Å². The second-order valence-electron chi connectivity index (χ2n) is 5.04. The number of phenolic OH excluding ortho intramolecular Hbond substituents is 1. The first-order chi connectivity index (χ1) is 10.4. The highest BCUT2D eigenvalue weighted by atomic mass is 16.7. The summed E-state index contributed by atoms with van der Waals surface area (Å²) in [5.74, 6) is -1.11. The van der Waals surface area contributed by atoms with Gasteiger partial charge in [0, 0.05) is 5.56 Å². The van der Waals surface area contributed by atoms with Crippen LogP contribution in [0.3, 0.4) is 0 Å². The minimum atomic E-state index is -1.62. The van der Waals surface area contributed by atoms with E-state index in [-0.39, 0.29) is 5.75 Å². The maximum atomic E-state index is 11.3. The molecule has 122 valence electrons. The molecule has 0 aliphatic rings. The smallest absolute Gasteiger partial charge is 0.499 e. The summed E-state index contributed by atoms with van der Waals surface area (Å²) in [5, 5.41) is 30.0. The summed E-state index contributed by atoms with van der Waals surface area (Å²) in [4.78, 5) is 21.3. The van der Waals surface area contributed by atoms with E-state index in [1.54, 1.807) is 0 Å². The third-order valence-corrected chi connectivity index (χ3v) is 3.40. The molecule has 0 radical (unpaired) electrons. The van der Waals surface area contributed by atoms with Gasteiger partial charge in [-0.1, -0.05) is 26.7 Å². The van der Waals surface area contributed by atoms with E-state index in [0.29, 0.717) is 24.0 Å². The Labute approximate surface area is 128 Å². The van der Waals surface area contributed by atoms with Crippen molar-refractivity contribution in [3.63, 3.8) is 0 Å². The summed E-state index contributed by atoms with van der Waals surface area (Å²) < 4.78 is 4.48. The number of rotatable bonds is 8. The van der Waals surface area contributed by atoms with E-state index in [1.807, 2.05) is 13.8 Å². The number of aromatic hydroxyl groups is 1. The van der Waals surface area contributed by atoms with E-state index >= 15 is 0 Å². The number of carbonyl (C=O) groups is 1. The van der Waals surface area contributed by atoms with Crippen LogP contribution in [0.2, 0.25) is 0 Å². The van der Waals surface area contributed by atoms with Crippen molar-refractivity contribution < 1.29 is 24.7 Å². The summed E-state index contributed by atoms with van der Waals surface area (Å²) in [5.41, 5.74) is 0.685. The van der Waals surface area contributed by atoms with Gasteiger partial charge in [0.15, 0.2) is 5.75 Å². The molecule has 0 bridgehead atoms. The lowest BCUT2D eigenvalue weighted by atomic mass is 9.95. The molecule has 22 heavy (non-hydrogen) atoms. The fraction of sp³-hybridized carbons (Fsp3) is 0.533. The second-order valence-corrected chi connectivity index (χ2v) is 5.04. The van der Waals surface area contributed by atoms with Crippen LogP contribution in [0.1, 0.15) is 50.7 Å². The number of carboxylic acid groups (broad SMARTS) is 1. The predicted octanol–water partition coefficient (Wildman–Crippen LogP) is 4.04. The van der Waals surface area contributed by atoms with Crippen LogP contribution in [0, 0.1) is 10.1 Å². The summed E-state index contributed by atoms with van der Waals surface area (Å²) in [7, 11) is 0. The second kappa shape index (κ2) is 8.21. The fourth-order valence-electron chi connectivity index (χ4n) is 2.32. The van der Waals surface area contributed by atoms with Crippen molar-refractivity contribution in [2.45, 2.75) is 52.4 Å². The number of hydrogen-bond donors (Lipinski definition) is 2. The van der Waals surface area contributed by atoms with E-state index in [2.05, 4.69) is 4.74 Å². The number of benzene rings is 1. The molecule has 0 amide bonds. The van der Waals surface area contributed by atoms with E-state index in [9.17, 15) is 20.0 Å². The lowest BCUT2D eigenvalue weighted by molar-refractivity contribution is -0.386. The molecule has 1 aromatic carbocycles. The predicted molar refractivity (Wildman–Crippen MR) is 80.6 cm³/mol. The highest BCUT2D eigenvalue weighted by molar-refractivity contribution is 5.69. The number of ether oxygens (including phenoxy) is 1. The molecule has 0 unspecified atom stereocenters. The molecule has 2 N–H and O–H groups in total. The van der Waals surface area contributed by atoms with Gasteiger partial charge >= 0.3 is 11.8 Å². The number of aryl methyl sites for hydroxylation is 1. The lowest BCUT2D eigenvalue weighted by Gasteiger charge is -2.13. The Morgan fingerprint density at radius 1 is 1.27 bits per heavy atom. The topological polar surface area (TPSA) is 110 Å². The minimum absolute atomic E-state index is 0.384. The number of nitro benzene ring substituents is 1. The molecule has 0 aromatic heterocycles. The van der Waals surface area contributed by atoms with Gasteiger partial charge < -0.3 is 14.9 Å². The van der Waals surface area contributed by atoms with Crippen LogP contribution in [0.15, 0.2) is 6.07 Å². The van der Waals surface area contributed by atoms with Gasteiger partial charge in [0.1, 0.15) is 0 Å². The number of hydrogen-bond acceptors (Lipinski definition) is 5. The number of unbranched alkanes of at least 4 members (excludes halogenated alkanes) is 2. The molecule has 0 aliphatic carbocycles. The largest absolute Gasteiger partial charge is 0.511 e. The zero-order valence-electron chi connectivity index (χ0n) is 12.8. The molecular formula is C15H21NO6. The Morgan fingerprint density at radius 2 is 1.86 bits per heavy atom. The normalized spacial score (nSPS) is 10.5. The van der Waals surface area contributed by atoms with Crippen LogP contribution >= 0.6 is 0 Å². The van der Waals surface area contributed by atoms with Crippen LogP contribution in [0.25, 0.3) is 0 Å². The summed E-state index contributed by atoms with van der Waals surface area (Å²) >= 11 is 0. The molecule has 0 atom stereocenters. The molecule has 0 fully saturated rings. The van der Waals surface area contributed by atoms with Crippen LogP contribution in [-0.2, 0) is 12.8 Å². The Bertz CT molecular complexity index is 555. The van der Waals surface area contributed by atoms with Crippen molar-refractivity contribution in [3.05, 3.63) is 27.3 Å². The van der Waals surface area contributed by atoms with Gasteiger partial charge in [-0.2, -0.15) is 0 Å². The zero-order valence-corrected chi connectivity index (χ0v) is 12.8. The zero-order chi connectivity index (χ0) is 16.7. The van der Waals surface area contributed by atoms with Crippen LogP contribution < -0.4 is 4.74 Å². The Hall–Kier alpha value is -2.31. The first-order valence-electron chi connectivity index (χ1n) is 7.35. The summed E-state index contributed by atoms with van der Waals surface area (Å²) in [6.07, 6.45) is 2.74. The van der Waals surface area contributed by atoms with E-state index in [1.165, 1.54) is 6.07 Å². The highest BCUT2D eigenvalue weighted by Crippen LogP contribution is 2.42. The van der Waals surface area contributed by atoms with Crippen LogP contribution in [-0.4, -0.2) is 21.3 Å². The minimum Gasteiger partial charge on any atom is -0.499 e. The van der Waals surface area contributed by atoms with Gasteiger partial charge in [0.05, 0.1) is 4.92 Å². The lowest BCUT2D eigenvalue weighted by Crippen LogP contribution is -2.08. The molecule has 0 saturated carbocycles. The first kappa shape index (κ1) is 17.7. The standard InChI is InChI=1S/C15H21NO6/c1-3-5-7-10-9-12(22-15(18)19)14(17)13(16(20)21)11(10)8-6-4-2/h9,17H,3-8H2,1-2H3,(H,18,19). The van der Waals surface area contributed by atoms with Crippen LogP contribution in [0.5, 0.6) is 11.5 Å². The third kappa shape index (κ3) is 4.34. The quantitative estimate of drug-likeness (QED) is 0.324. The van der Waals surface area contributed by atoms with Crippen LogP contribution in [0.4, 0.5) is 10.5 Å². The van der Waals surface area contributed by atoms with Crippen molar-refractivity contribution in [1.29, 1.82) is 0 Å². The van der Waals surface area contributed by atoms with E-state index in [0.717, 1.165) is 25.7 Å². The molecule has 0 saturated heterocycles. The molecule has 7 nitrogen and oxygen atoms in total. The van der Waals surface area contributed by atoms with Gasteiger partial charge in [-0.05, 0) is 37.3 Å². The van der Waals surface area contributed by atoms with Crippen molar-refractivity contribution in [2.75, 3.05) is 0 Å². The monoisotopic (exact) mass is 311 g/mol. The van der Waals surface area contributed by atoms with Gasteiger partial charge in [0.2, 0.25) is 5.75 Å². The van der Waals surface area contributed by atoms with Gasteiger partial charge in [-0.25, -0.2) is 4.79 Å². The molecule has 0 aliphatic heterocycles. The third-order valence-electron chi connectivity index (χ3n) is 3.40. The van der Waals surface area contributed by atoms with Crippen molar-refractivity contribution >= 4 is 11.8 Å². The average Bonchev–Trinajstić information content (AvgIpc) is 2.44. The molecular weight excluding hydrogens is 290 g/mol. The van der Waals surface area contributed by atoms with Crippen molar-refractivity contribution in [2.24, 2.45) is 0 Å².